The van der Waals surface area contributed by atoms with Crippen LogP contribution in [0.4, 0.5) is 0 Å². The van der Waals surface area contributed by atoms with Crippen molar-refractivity contribution in [1.29, 1.82) is 0 Å². The molecule has 1 aromatic rings. The number of likely N-dealkylation sites (tertiary alicyclic amines) is 1. The number of nitrogens with zero attached hydrogens (tertiary/aromatic N) is 1. The molecule has 24 heavy (non-hydrogen) atoms. The van der Waals surface area contributed by atoms with Crippen molar-refractivity contribution < 1.29 is 14.3 Å². The highest BCUT2D eigenvalue weighted by atomic mass is 16.5. The van der Waals surface area contributed by atoms with E-state index in [1.54, 1.807) is 0 Å². The van der Waals surface area contributed by atoms with E-state index < -0.39 is 0 Å². The molecular formula is C19H30N2O3. The molecule has 1 aromatic carbocycles. The van der Waals surface area contributed by atoms with Crippen molar-refractivity contribution in [2.24, 2.45) is 0 Å². The fourth-order valence-electron chi connectivity index (χ4n) is 2.83. The molecule has 134 valence electrons. The van der Waals surface area contributed by atoms with Crippen LogP contribution in [0.2, 0.25) is 0 Å². The van der Waals surface area contributed by atoms with Crippen LogP contribution in [0.15, 0.2) is 24.3 Å². The summed E-state index contributed by atoms with van der Waals surface area (Å²) in [7, 11) is 0. The van der Waals surface area contributed by atoms with Crippen LogP contribution in [-0.4, -0.2) is 49.2 Å². The van der Waals surface area contributed by atoms with E-state index in [1.807, 2.05) is 24.3 Å². The SMILES string of the molecule is CCCOc1ccc(OCC(=O)NC2CCN(C(C)C)CC2)cc1. The Balaban J connectivity index is 1.68. The number of ether oxygens (including phenoxy) is 2. The predicted octanol–water partition coefficient (Wildman–Crippen LogP) is 2.84. The Morgan fingerprint density at radius 1 is 1.17 bits per heavy atom. The fraction of sp³-hybridized carbons (Fsp3) is 0.632. The van der Waals surface area contributed by atoms with Gasteiger partial charge in [-0.3, -0.25) is 4.79 Å². The number of carbonyl (C=O) groups is 1. The lowest BCUT2D eigenvalue weighted by molar-refractivity contribution is -0.124. The zero-order chi connectivity index (χ0) is 17.4. The first-order chi connectivity index (χ1) is 11.6. The summed E-state index contributed by atoms with van der Waals surface area (Å²) >= 11 is 0. The zero-order valence-corrected chi connectivity index (χ0v) is 15.1. The van der Waals surface area contributed by atoms with Gasteiger partial charge < -0.3 is 19.7 Å². The maximum Gasteiger partial charge on any atom is 0.258 e. The van der Waals surface area contributed by atoms with Crippen molar-refractivity contribution >= 4 is 5.91 Å². The molecular weight excluding hydrogens is 304 g/mol. The highest BCUT2D eigenvalue weighted by Crippen LogP contribution is 2.18. The number of amides is 1. The molecule has 0 aliphatic carbocycles. The first-order valence-corrected chi connectivity index (χ1v) is 8.97. The van der Waals surface area contributed by atoms with E-state index in [0.717, 1.165) is 38.1 Å². The van der Waals surface area contributed by atoms with E-state index >= 15 is 0 Å². The molecule has 5 nitrogen and oxygen atoms in total. The van der Waals surface area contributed by atoms with Crippen molar-refractivity contribution in [2.75, 3.05) is 26.3 Å². The fourth-order valence-corrected chi connectivity index (χ4v) is 2.83. The Hall–Kier alpha value is -1.75. The van der Waals surface area contributed by atoms with Gasteiger partial charge >= 0.3 is 0 Å². The molecule has 0 aromatic heterocycles. The smallest absolute Gasteiger partial charge is 0.258 e. The molecule has 0 bridgehead atoms. The number of rotatable bonds is 8. The molecule has 1 N–H and O–H groups in total. The third-order valence-corrected chi connectivity index (χ3v) is 4.29. The van der Waals surface area contributed by atoms with E-state index in [2.05, 4.69) is 31.0 Å². The van der Waals surface area contributed by atoms with Gasteiger partial charge in [0.05, 0.1) is 6.61 Å². The van der Waals surface area contributed by atoms with Crippen molar-refractivity contribution in [3.8, 4) is 11.5 Å². The predicted molar refractivity (Wildman–Crippen MR) is 95.6 cm³/mol. The number of benzene rings is 1. The van der Waals surface area contributed by atoms with E-state index in [1.165, 1.54) is 0 Å². The lowest BCUT2D eigenvalue weighted by Gasteiger charge is -2.34. The van der Waals surface area contributed by atoms with Crippen LogP contribution in [-0.2, 0) is 4.79 Å². The molecule has 0 saturated carbocycles. The van der Waals surface area contributed by atoms with Crippen LogP contribution in [0.1, 0.15) is 40.0 Å². The first-order valence-electron chi connectivity index (χ1n) is 8.97. The number of piperidine rings is 1. The molecule has 0 atom stereocenters. The number of nitrogens with one attached hydrogen (secondary N) is 1. The van der Waals surface area contributed by atoms with Crippen molar-refractivity contribution in [2.45, 2.75) is 52.1 Å². The minimum Gasteiger partial charge on any atom is -0.494 e. The Labute approximate surface area is 145 Å². The van der Waals surface area contributed by atoms with Crippen LogP contribution < -0.4 is 14.8 Å². The van der Waals surface area contributed by atoms with Gasteiger partial charge in [-0.25, -0.2) is 0 Å². The summed E-state index contributed by atoms with van der Waals surface area (Å²) in [5, 5.41) is 3.07. The van der Waals surface area contributed by atoms with Crippen LogP contribution >= 0.6 is 0 Å². The third kappa shape index (κ3) is 6.04. The third-order valence-electron chi connectivity index (χ3n) is 4.29. The second kappa shape index (κ2) is 9.52. The normalized spacial score (nSPS) is 16.2. The molecule has 1 aliphatic heterocycles. The van der Waals surface area contributed by atoms with Gasteiger partial charge in [-0.1, -0.05) is 6.92 Å². The molecule has 1 saturated heterocycles. The molecule has 2 rings (SSSR count). The lowest BCUT2D eigenvalue weighted by Crippen LogP contribution is -2.47. The topological polar surface area (TPSA) is 50.8 Å². The zero-order valence-electron chi connectivity index (χ0n) is 15.1. The van der Waals surface area contributed by atoms with Crippen LogP contribution in [0.5, 0.6) is 11.5 Å². The summed E-state index contributed by atoms with van der Waals surface area (Å²) in [5.41, 5.74) is 0. The first kappa shape index (κ1) is 18.6. The Kier molecular flexibility index (Phi) is 7.37. The van der Waals surface area contributed by atoms with Gasteiger partial charge in [0.1, 0.15) is 11.5 Å². The summed E-state index contributed by atoms with van der Waals surface area (Å²) in [4.78, 5) is 14.5. The van der Waals surface area contributed by atoms with Crippen molar-refractivity contribution in [3.63, 3.8) is 0 Å². The van der Waals surface area contributed by atoms with Crippen LogP contribution in [0, 0.1) is 0 Å². The van der Waals surface area contributed by atoms with E-state index in [4.69, 9.17) is 9.47 Å². The van der Waals surface area contributed by atoms with E-state index in [0.29, 0.717) is 18.4 Å². The minimum atomic E-state index is -0.0516. The van der Waals surface area contributed by atoms with Gasteiger partial charge in [0.2, 0.25) is 0 Å². The van der Waals surface area contributed by atoms with Crippen LogP contribution in [0.25, 0.3) is 0 Å². The standard InChI is InChI=1S/C19H30N2O3/c1-4-13-23-17-5-7-18(8-6-17)24-14-19(22)20-16-9-11-21(12-10-16)15(2)3/h5-8,15-16H,4,9-14H2,1-3H3,(H,20,22). The average molecular weight is 334 g/mol. The molecule has 1 aliphatic rings. The highest BCUT2D eigenvalue weighted by Gasteiger charge is 2.22. The van der Waals surface area contributed by atoms with Gasteiger partial charge in [0, 0.05) is 25.2 Å². The summed E-state index contributed by atoms with van der Waals surface area (Å²) in [6.45, 7) is 9.35. The molecule has 0 radical (unpaired) electrons. The van der Waals surface area contributed by atoms with Gasteiger partial charge in [-0.2, -0.15) is 0 Å². The monoisotopic (exact) mass is 334 g/mol. The molecule has 0 unspecified atom stereocenters. The second-order valence-electron chi connectivity index (χ2n) is 6.58. The summed E-state index contributed by atoms with van der Waals surface area (Å²) in [6, 6.07) is 8.24. The largest absolute Gasteiger partial charge is 0.494 e. The summed E-state index contributed by atoms with van der Waals surface area (Å²) < 4.78 is 11.1. The molecule has 5 heteroatoms. The van der Waals surface area contributed by atoms with Crippen LogP contribution in [0.3, 0.4) is 0 Å². The van der Waals surface area contributed by atoms with Gasteiger partial charge in [0.15, 0.2) is 6.61 Å². The molecule has 1 heterocycles. The van der Waals surface area contributed by atoms with Crippen molar-refractivity contribution in [1.82, 2.24) is 10.2 Å². The second-order valence-corrected chi connectivity index (χ2v) is 6.58. The van der Waals surface area contributed by atoms with Gasteiger partial charge in [-0.05, 0) is 57.4 Å². The quantitative estimate of drug-likeness (QED) is 0.794. The van der Waals surface area contributed by atoms with Gasteiger partial charge in [0.25, 0.3) is 5.91 Å². The summed E-state index contributed by atoms with van der Waals surface area (Å²) in [5.74, 6) is 1.46. The molecule has 1 amide bonds. The van der Waals surface area contributed by atoms with Crippen molar-refractivity contribution in [3.05, 3.63) is 24.3 Å². The minimum absolute atomic E-state index is 0.0516. The Morgan fingerprint density at radius 2 is 1.75 bits per heavy atom. The Morgan fingerprint density at radius 3 is 2.29 bits per heavy atom. The maximum atomic E-state index is 12.0. The molecule has 1 fully saturated rings. The lowest BCUT2D eigenvalue weighted by atomic mass is 10.0. The maximum absolute atomic E-state index is 12.0. The van der Waals surface area contributed by atoms with Gasteiger partial charge in [-0.15, -0.1) is 0 Å². The Bertz CT molecular complexity index is 494. The highest BCUT2D eigenvalue weighted by molar-refractivity contribution is 5.77. The van der Waals surface area contributed by atoms with E-state index in [-0.39, 0.29) is 18.6 Å². The number of hydrogen-bond acceptors (Lipinski definition) is 4. The number of carbonyl (C=O) groups excluding carboxylic acids is 1. The number of hydrogen-bond donors (Lipinski definition) is 1. The van der Waals surface area contributed by atoms with E-state index in [9.17, 15) is 4.79 Å². The average Bonchev–Trinajstić information content (AvgIpc) is 2.59. The molecule has 0 spiro atoms. The summed E-state index contributed by atoms with van der Waals surface area (Å²) in [6.07, 6.45) is 3.00.